The maximum Gasteiger partial charge on any atom is 0.179 e. The van der Waals surface area contributed by atoms with Gasteiger partial charge >= 0.3 is 0 Å². The number of aryl methyl sites for hydroxylation is 1. The Bertz CT molecular complexity index is 424. The number of hydrogen-bond acceptors (Lipinski definition) is 1. The summed E-state index contributed by atoms with van der Waals surface area (Å²) in [7, 11) is 0. The fourth-order valence-electron chi connectivity index (χ4n) is 2.84. The molecular weight excluding hydrogens is 212 g/mol. The van der Waals surface area contributed by atoms with E-state index >= 15 is 0 Å². The van der Waals surface area contributed by atoms with Crippen molar-refractivity contribution in [2.45, 2.75) is 47.3 Å². The maximum atomic E-state index is 13.6. The minimum Gasteiger partial charge on any atom is -0.259 e. The van der Waals surface area contributed by atoms with Gasteiger partial charge in [0.2, 0.25) is 0 Å². The minimum atomic E-state index is -0.176. The molecule has 0 N–H and O–H groups in total. The van der Waals surface area contributed by atoms with Gasteiger partial charge in [-0.2, -0.15) is 0 Å². The van der Waals surface area contributed by atoms with Gasteiger partial charge in [0.15, 0.2) is 6.71 Å². The molecule has 1 nitrogen and oxygen atoms in total. The summed E-state index contributed by atoms with van der Waals surface area (Å²) in [5.74, 6) is -0.176. The summed E-state index contributed by atoms with van der Waals surface area (Å²) in [4.78, 5) is 4.14. The highest BCUT2D eigenvalue weighted by Crippen LogP contribution is 2.52. The van der Waals surface area contributed by atoms with Gasteiger partial charge in [-0.3, -0.25) is 4.98 Å². The van der Waals surface area contributed by atoms with Crippen LogP contribution in [0.15, 0.2) is 12.3 Å². The fraction of sp³-hybridized carbons (Fsp3) is 0.643. The van der Waals surface area contributed by atoms with Crippen molar-refractivity contribution in [3.63, 3.8) is 0 Å². The molecule has 0 bridgehead atoms. The lowest BCUT2D eigenvalue weighted by Crippen LogP contribution is -2.29. The van der Waals surface area contributed by atoms with E-state index in [0.29, 0.717) is 23.2 Å². The van der Waals surface area contributed by atoms with Crippen LogP contribution in [0.4, 0.5) is 4.39 Å². The highest BCUT2D eigenvalue weighted by atomic mass is 19.1. The van der Waals surface area contributed by atoms with Gasteiger partial charge in [0.25, 0.3) is 0 Å². The van der Waals surface area contributed by atoms with Crippen molar-refractivity contribution < 1.29 is 4.39 Å². The molecule has 2 heterocycles. The lowest BCUT2D eigenvalue weighted by Gasteiger charge is -2.35. The third-order valence-electron chi connectivity index (χ3n) is 4.86. The molecule has 0 spiro atoms. The first kappa shape index (κ1) is 12.6. The molecule has 0 radical (unpaired) electrons. The number of aromatic nitrogens is 1. The van der Waals surface area contributed by atoms with E-state index in [4.69, 9.17) is 0 Å². The highest BCUT2D eigenvalue weighted by Gasteiger charge is 2.48. The zero-order chi connectivity index (χ0) is 12.8. The van der Waals surface area contributed by atoms with Gasteiger partial charge in [0.1, 0.15) is 5.82 Å². The lowest BCUT2D eigenvalue weighted by atomic mass is 9.42. The standard InChI is InChI=1S/C14H21BFN/c1-10-12(16)6-11(7-17-10)15-8-13(2,3)14(4,5)9-15/h6-7H,8-9H2,1-5H3. The van der Waals surface area contributed by atoms with E-state index in [1.807, 2.05) is 6.20 Å². The molecule has 1 aliphatic rings. The van der Waals surface area contributed by atoms with Crippen LogP contribution in [0.1, 0.15) is 33.4 Å². The Balaban J connectivity index is 2.29. The zero-order valence-electron chi connectivity index (χ0n) is 11.5. The molecule has 0 amide bonds. The Morgan fingerprint density at radius 3 is 2.18 bits per heavy atom. The van der Waals surface area contributed by atoms with Crippen molar-refractivity contribution >= 4 is 12.2 Å². The van der Waals surface area contributed by atoms with E-state index in [1.165, 1.54) is 0 Å². The van der Waals surface area contributed by atoms with Crippen LogP contribution in [-0.2, 0) is 0 Å². The quantitative estimate of drug-likeness (QED) is 0.678. The van der Waals surface area contributed by atoms with Crippen LogP contribution in [0.25, 0.3) is 0 Å². The molecule has 0 aliphatic carbocycles. The van der Waals surface area contributed by atoms with Crippen molar-refractivity contribution in [2.24, 2.45) is 10.8 Å². The van der Waals surface area contributed by atoms with Crippen LogP contribution in [0, 0.1) is 23.6 Å². The first-order valence-corrected chi connectivity index (χ1v) is 6.35. The third kappa shape index (κ3) is 2.12. The molecule has 0 unspecified atom stereocenters. The van der Waals surface area contributed by atoms with E-state index in [9.17, 15) is 4.39 Å². The molecule has 0 atom stereocenters. The third-order valence-corrected chi connectivity index (χ3v) is 4.86. The van der Waals surface area contributed by atoms with E-state index in [0.717, 1.165) is 18.1 Å². The Morgan fingerprint density at radius 1 is 1.18 bits per heavy atom. The van der Waals surface area contributed by atoms with E-state index in [-0.39, 0.29) is 5.82 Å². The molecule has 1 fully saturated rings. The van der Waals surface area contributed by atoms with Gasteiger partial charge in [-0.25, -0.2) is 4.39 Å². The summed E-state index contributed by atoms with van der Waals surface area (Å²) in [6.45, 7) is 11.4. The summed E-state index contributed by atoms with van der Waals surface area (Å²) in [6.07, 6.45) is 4.08. The molecule has 1 aliphatic heterocycles. The molecule has 1 aromatic rings. The van der Waals surface area contributed by atoms with Crippen molar-refractivity contribution in [2.75, 3.05) is 0 Å². The number of rotatable bonds is 1. The van der Waals surface area contributed by atoms with Gasteiger partial charge in [-0.05, 0) is 23.8 Å². The highest BCUT2D eigenvalue weighted by molar-refractivity contribution is 6.74. The summed E-state index contributed by atoms with van der Waals surface area (Å²) in [5.41, 5.74) is 2.16. The largest absolute Gasteiger partial charge is 0.259 e. The number of pyridine rings is 1. The molecule has 2 rings (SSSR count). The molecule has 17 heavy (non-hydrogen) atoms. The van der Waals surface area contributed by atoms with E-state index < -0.39 is 0 Å². The van der Waals surface area contributed by atoms with Crippen molar-refractivity contribution in [3.05, 3.63) is 23.8 Å². The summed E-state index contributed by atoms with van der Waals surface area (Å²) >= 11 is 0. The smallest absolute Gasteiger partial charge is 0.179 e. The second kappa shape index (κ2) is 3.83. The molecule has 1 saturated heterocycles. The first-order valence-electron chi connectivity index (χ1n) is 6.35. The Hall–Kier alpha value is -0.855. The fourth-order valence-corrected chi connectivity index (χ4v) is 2.84. The molecule has 1 aromatic heterocycles. The monoisotopic (exact) mass is 233 g/mol. The van der Waals surface area contributed by atoms with E-state index in [2.05, 4.69) is 32.7 Å². The predicted molar refractivity (Wildman–Crippen MR) is 71.5 cm³/mol. The molecular formula is C14H21BFN. The summed E-state index contributed by atoms with van der Waals surface area (Å²) < 4.78 is 13.6. The summed E-state index contributed by atoms with van der Waals surface area (Å²) in [5, 5.41) is 0. The first-order chi connectivity index (χ1) is 7.73. The van der Waals surface area contributed by atoms with Crippen LogP contribution in [0.3, 0.4) is 0 Å². The van der Waals surface area contributed by atoms with Gasteiger partial charge in [0.05, 0.1) is 5.69 Å². The van der Waals surface area contributed by atoms with Crippen molar-refractivity contribution in [1.29, 1.82) is 0 Å². The molecule has 0 aromatic carbocycles. The average Bonchev–Trinajstić information content (AvgIpc) is 2.41. The Kier molecular flexibility index (Phi) is 2.83. The Labute approximate surface area is 104 Å². The van der Waals surface area contributed by atoms with Crippen LogP contribution >= 0.6 is 0 Å². The maximum absolute atomic E-state index is 13.6. The number of hydrogen-bond donors (Lipinski definition) is 0. The number of nitrogens with zero attached hydrogens (tertiary/aromatic N) is 1. The zero-order valence-corrected chi connectivity index (χ0v) is 11.5. The van der Waals surface area contributed by atoms with Gasteiger partial charge < -0.3 is 0 Å². The van der Waals surface area contributed by atoms with E-state index in [1.54, 1.807) is 13.0 Å². The van der Waals surface area contributed by atoms with Crippen LogP contribution < -0.4 is 5.46 Å². The van der Waals surface area contributed by atoms with Crippen molar-refractivity contribution in [1.82, 2.24) is 4.98 Å². The van der Waals surface area contributed by atoms with Crippen LogP contribution in [0.5, 0.6) is 0 Å². The normalized spacial score (nSPS) is 21.9. The lowest BCUT2D eigenvalue weighted by molar-refractivity contribution is 0.177. The van der Waals surface area contributed by atoms with Gasteiger partial charge in [0, 0.05) is 6.20 Å². The van der Waals surface area contributed by atoms with Crippen LogP contribution in [-0.4, -0.2) is 11.7 Å². The summed E-state index contributed by atoms with van der Waals surface area (Å²) in [6, 6.07) is 1.67. The minimum absolute atomic E-state index is 0.176. The second-order valence-electron chi connectivity index (χ2n) is 6.71. The molecule has 92 valence electrons. The van der Waals surface area contributed by atoms with Gasteiger partial charge in [-0.15, -0.1) is 0 Å². The van der Waals surface area contributed by atoms with Gasteiger partial charge in [-0.1, -0.05) is 45.8 Å². The topological polar surface area (TPSA) is 12.9 Å². The molecule has 3 heteroatoms. The molecule has 0 saturated carbocycles. The Morgan fingerprint density at radius 2 is 1.71 bits per heavy atom. The van der Waals surface area contributed by atoms with Crippen LogP contribution in [0.2, 0.25) is 12.6 Å². The van der Waals surface area contributed by atoms with Crippen molar-refractivity contribution in [3.8, 4) is 0 Å². The second-order valence-corrected chi connectivity index (χ2v) is 6.71. The average molecular weight is 233 g/mol. The SMILES string of the molecule is Cc1ncc(B2CC(C)(C)C(C)(C)C2)cc1F. The number of halogens is 1. The predicted octanol–water partition coefficient (Wildman–Crippen LogP) is 3.30.